The summed E-state index contributed by atoms with van der Waals surface area (Å²) in [5.41, 5.74) is 2.48. The molecule has 20 heavy (non-hydrogen) atoms. The predicted octanol–water partition coefficient (Wildman–Crippen LogP) is 1.96. The molecule has 0 spiro atoms. The molecule has 1 aromatic heterocycles. The van der Waals surface area contributed by atoms with Gasteiger partial charge in [0, 0.05) is 25.4 Å². The van der Waals surface area contributed by atoms with Gasteiger partial charge in [0.15, 0.2) is 0 Å². The minimum atomic E-state index is -0.0746. The Morgan fingerprint density at radius 2 is 2.15 bits per heavy atom. The Hall–Kier alpha value is -2.61. The average molecular weight is 268 g/mol. The maximum Gasteiger partial charge on any atom is 0.216 e. The Labute approximate surface area is 117 Å². The van der Waals surface area contributed by atoms with Crippen LogP contribution in [0.5, 0.6) is 0 Å². The first-order valence-electron chi connectivity index (χ1n) is 6.40. The van der Waals surface area contributed by atoms with Gasteiger partial charge < -0.3 is 10.6 Å². The molecule has 0 bridgehead atoms. The van der Waals surface area contributed by atoms with Gasteiger partial charge in [-0.3, -0.25) is 4.79 Å². The summed E-state index contributed by atoms with van der Waals surface area (Å²) in [5.74, 6) is 0.477. The van der Waals surface area contributed by atoms with Crippen molar-refractivity contribution in [1.29, 1.82) is 5.26 Å². The molecule has 5 heteroatoms. The number of benzene rings is 1. The molecule has 0 radical (unpaired) electrons. The molecule has 0 aliphatic carbocycles. The molecule has 0 aliphatic rings. The summed E-state index contributed by atoms with van der Waals surface area (Å²) < 4.78 is 0. The zero-order valence-corrected chi connectivity index (χ0v) is 11.5. The van der Waals surface area contributed by atoms with Gasteiger partial charge in [-0.2, -0.15) is 5.26 Å². The summed E-state index contributed by atoms with van der Waals surface area (Å²) >= 11 is 0. The van der Waals surface area contributed by atoms with Crippen molar-refractivity contribution in [2.24, 2.45) is 0 Å². The van der Waals surface area contributed by atoms with E-state index in [9.17, 15) is 10.1 Å². The largest absolute Gasteiger partial charge is 0.367 e. The molecule has 0 saturated carbocycles. The Kier molecular flexibility index (Phi) is 4.16. The van der Waals surface area contributed by atoms with Crippen LogP contribution >= 0.6 is 0 Å². The molecule has 0 aliphatic heterocycles. The zero-order chi connectivity index (χ0) is 14.5. The number of nitrogens with one attached hydrogen (secondary N) is 2. The smallest absolute Gasteiger partial charge is 0.216 e. The molecule has 102 valence electrons. The fourth-order valence-electron chi connectivity index (χ4n) is 1.92. The lowest BCUT2D eigenvalue weighted by atomic mass is 10.1. The van der Waals surface area contributed by atoms with E-state index in [-0.39, 0.29) is 5.91 Å². The molecule has 5 nitrogen and oxygen atoms in total. The third-order valence-electron chi connectivity index (χ3n) is 2.88. The first-order chi connectivity index (χ1) is 9.60. The van der Waals surface area contributed by atoms with Crippen LogP contribution in [0.1, 0.15) is 18.1 Å². The lowest BCUT2D eigenvalue weighted by Crippen LogP contribution is -2.26. The molecule has 2 N–H and O–H groups in total. The number of anilines is 1. The van der Waals surface area contributed by atoms with E-state index < -0.39 is 0 Å². The van der Waals surface area contributed by atoms with Gasteiger partial charge in [-0.15, -0.1) is 0 Å². The first-order valence-corrected chi connectivity index (χ1v) is 6.40. The number of amides is 1. The van der Waals surface area contributed by atoms with E-state index in [1.807, 2.05) is 31.2 Å². The number of hydrogen-bond donors (Lipinski definition) is 2. The van der Waals surface area contributed by atoms with E-state index in [1.165, 1.54) is 6.92 Å². The summed E-state index contributed by atoms with van der Waals surface area (Å²) in [5, 5.41) is 15.9. The fourth-order valence-corrected chi connectivity index (χ4v) is 1.92. The van der Waals surface area contributed by atoms with Crippen LogP contribution in [-0.4, -0.2) is 24.0 Å². The lowest BCUT2D eigenvalue weighted by Gasteiger charge is -2.09. The number of carbonyl (C=O) groups is 1. The maximum atomic E-state index is 10.8. The lowest BCUT2D eigenvalue weighted by molar-refractivity contribution is -0.118. The van der Waals surface area contributed by atoms with E-state index in [0.717, 1.165) is 16.5 Å². The highest BCUT2D eigenvalue weighted by molar-refractivity contribution is 5.83. The van der Waals surface area contributed by atoms with Crippen molar-refractivity contribution in [3.8, 4) is 6.07 Å². The highest BCUT2D eigenvalue weighted by Crippen LogP contribution is 2.20. The first kappa shape index (κ1) is 13.8. The van der Waals surface area contributed by atoms with Crippen LogP contribution in [0.15, 0.2) is 24.3 Å². The van der Waals surface area contributed by atoms with Crippen LogP contribution < -0.4 is 10.6 Å². The minimum absolute atomic E-state index is 0.0746. The molecule has 0 saturated heterocycles. The van der Waals surface area contributed by atoms with Crippen LogP contribution in [0.4, 0.5) is 5.82 Å². The van der Waals surface area contributed by atoms with E-state index in [0.29, 0.717) is 24.5 Å². The number of carbonyl (C=O) groups excluding carboxylic acids is 1. The van der Waals surface area contributed by atoms with Gasteiger partial charge in [-0.25, -0.2) is 4.98 Å². The molecule has 2 rings (SSSR count). The average Bonchev–Trinajstić information content (AvgIpc) is 2.42. The van der Waals surface area contributed by atoms with Crippen molar-refractivity contribution in [1.82, 2.24) is 10.3 Å². The van der Waals surface area contributed by atoms with Crippen molar-refractivity contribution in [3.63, 3.8) is 0 Å². The van der Waals surface area contributed by atoms with Crippen molar-refractivity contribution < 1.29 is 4.79 Å². The SMILES string of the molecule is CC(=O)NCCNc1nc2cc(C)ccc2cc1C#N. The van der Waals surface area contributed by atoms with Gasteiger partial charge >= 0.3 is 0 Å². The summed E-state index contributed by atoms with van der Waals surface area (Å²) in [7, 11) is 0. The standard InChI is InChI=1S/C15H16N4O/c1-10-3-4-12-8-13(9-16)15(19-14(12)7-10)18-6-5-17-11(2)20/h3-4,7-8H,5-6H2,1-2H3,(H,17,20)(H,18,19). The van der Waals surface area contributed by atoms with Crippen LogP contribution in [0.25, 0.3) is 10.9 Å². The maximum absolute atomic E-state index is 10.8. The minimum Gasteiger partial charge on any atom is -0.367 e. The molecular weight excluding hydrogens is 252 g/mol. The van der Waals surface area contributed by atoms with Crippen molar-refractivity contribution in [2.45, 2.75) is 13.8 Å². The Morgan fingerprint density at radius 1 is 1.35 bits per heavy atom. The second-order valence-electron chi connectivity index (χ2n) is 4.60. The highest BCUT2D eigenvalue weighted by Gasteiger charge is 2.06. The summed E-state index contributed by atoms with van der Waals surface area (Å²) in [4.78, 5) is 15.3. The number of hydrogen-bond acceptors (Lipinski definition) is 4. The third kappa shape index (κ3) is 3.23. The number of nitriles is 1. The van der Waals surface area contributed by atoms with E-state index in [4.69, 9.17) is 0 Å². The number of nitrogens with zero attached hydrogens (tertiary/aromatic N) is 2. The monoisotopic (exact) mass is 268 g/mol. The van der Waals surface area contributed by atoms with Gasteiger partial charge in [-0.05, 0) is 24.6 Å². The van der Waals surface area contributed by atoms with E-state index >= 15 is 0 Å². The normalized spacial score (nSPS) is 10.1. The van der Waals surface area contributed by atoms with Crippen molar-refractivity contribution >= 4 is 22.6 Å². The molecule has 0 unspecified atom stereocenters. The van der Waals surface area contributed by atoms with E-state index in [1.54, 1.807) is 0 Å². The number of aromatic nitrogens is 1. The Balaban J connectivity index is 2.22. The van der Waals surface area contributed by atoms with Gasteiger partial charge in [0.2, 0.25) is 5.91 Å². The molecule has 1 aromatic carbocycles. The van der Waals surface area contributed by atoms with Gasteiger partial charge in [0.05, 0.1) is 11.1 Å². The number of rotatable bonds is 4. The van der Waals surface area contributed by atoms with Crippen LogP contribution in [0.3, 0.4) is 0 Å². The predicted molar refractivity (Wildman–Crippen MR) is 78.4 cm³/mol. The van der Waals surface area contributed by atoms with Crippen molar-refractivity contribution in [2.75, 3.05) is 18.4 Å². The third-order valence-corrected chi connectivity index (χ3v) is 2.88. The van der Waals surface area contributed by atoms with Crippen LogP contribution in [0, 0.1) is 18.3 Å². The summed E-state index contributed by atoms with van der Waals surface area (Å²) in [6.45, 7) is 4.49. The number of aryl methyl sites for hydroxylation is 1. The molecule has 0 fully saturated rings. The van der Waals surface area contributed by atoms with Crippen molar-refractivity contribution in [3.05, 3.63) is 35.4 Å². The zero-order valence-electron chi connectivity index (χ0n) is 11.5. The van der Waals surface area contributed by atoms with Gasteiger partial charge in [0.25, 0.3) is 0 Å². The molecule has 0 atom stereocenters. The quantitative estimate of drug-likeness (QED) is 0.831. The Morgan fingerprint density at radius 3 is 2.85 bits per heavy atom. The number of pyridine rings is 1. The fraction of sp³-hybridized carbons (Fsp3) is 0.267. The number of fused-ring (bicyclic) bond motifs is 1. The second-order valence-corrected chi connectivity index (χ2v) is 4.60. The molecule has 2 aromatic rings. The highest BCUT2D eigenvalue weighted by atomic mass is 16.1. The van der Waals surface area contributed by atoms with Gasteiger partial charge in [0.1, 0.15) is 11.9 Å². The molecule has 1 amide bonds. The molecular formula is C15H16N4O. The second kappa shape index (κ2) is 6.02. The topological polar surface area (TPSA) is 77.8 Å². The van der Waals surface area contributed by atoms with Gasteiger partial charge in [-0.1, -0.05) is 12.1 Å². The summed E-state index contributed by atoms with van der Waals surface area (Å²) in [6.07, 6.45) is 0. The summed E-state index contributed by atoms with van der Waals surface area (Å²) in [6, 6.07) is 9.90. The Bertz CT molecular complexity index is 688. The van der Waals surface area contributed by atoms with E-state index in [2.05, 4.69) is 21.7 Å². The molecule has 1 heterocycles. The van der Waals surface area contributed by atoms with Crippen LogP contribution in [0.2, 0.25) is 0 Å². The van der Waals surface area contributed by atoms with Crippen LogP contribution in [-0.2, 0) is 4.79 Å².